The Morgan fingerprint density at radius 1 is 1.35 bits per heavy atom. The van der Waals surface area contributed by atoms with Crippen molar-refractivity contribution in [2.45, 2.75) is 63.9 Å². The molecule has 126 valence electrons. The third-order valence-corrected chi connectivity index (χ3v) is 5.43. The van der Waals surface area contributed by atoms with E-state index in [4.69, 9.17) is 0 Å². The molecule has 0 bridgehead atoms. The zero-order chi connectivity index (χ0) is 16.7. The Labute approximate surface area is 144 Å². The lowest BCUT2D eigenvalue weighted by molar-refractivity contribution is -0.117. The predicted octanol–water partition coefficient (Wildman–Crippen LogP) is 4.68. The molecule has 0 unspecified atom stereocenters. The molecular weight excluding hydrogens is 304 g/mol. The lowest BCUT2D eigenvalue weighted by Gasteiger charge is -2.21. The second kappa shape index (κ2) is 8.53. The Morgan fingerprint density at radius 2 is 2.09 bits per heavy atom. The fourth-order valence-electron chi connectivity index (χ4n) is 2.60. The zero-order valence-corrected chi connectivity index (χ0v) is 15.3. The Balaban J connectivity index is 1.94. The summed E-state index contributed by atoms with van der Waals surface area (Å²) in [7, 11) is 0. The molecule has 1 aliphatic rings. The summed E-state index contributed by atoms with van der Waals surface area (Å²) < 4.78 is 0. The number of thioether (sulfide) groups is 1. The van der Waals surface area contributed by atoms with Gasteiger partial charge in [-0.3, -0.25) is 4.79 Å². The van der Waals surface area contributed by atoms with Crippen LogP contribution in [0.3, 0.4) is 0 Å². The molecule has 1 saturated carbocycles. The Morgan fingerprint density at radius 3 is 2.78 bits per heavy atom. The minimum Gasteiger partial charge on any atom is -0.350 e. The van der Waals surface area contributed by atoms with Crippen molar-refractivity contribution < 1.29 is 4.79 Å². The predicted molar refractivity (Wildman–Crippen MR) is 98.5 cm³/mol. The van der Waals surface area contributed by atoms with Crippen LogP contribution in [0, 0.1) is 5.41 Å². The minimum absolute atomic E-state index is 0.00697. The van der Waals surface area contributed by atoms with Gasteiger partial charge < -0.3 is 5.32 Å². The van der Waals surface area contributed by atoms with Crippen molar-refractivity contribution in [3.63, 3.8) is 0 Å². The van der Waals surface area contributed by atoms with Crippen LogP contribution in [0.1, 0.15) is 58.4 Å². The van der Waals surface area contributed by atoms with Crippen LogP contribution in [0.4, 0.5) is 0 Å². The zero-order valence-electron chi connectivity index (χ0n) is 14.5. The monoisotopic (exact) mass is 332 g/mol. The molecule has 0 aliphatic heterocycles. The van der Waals surface area contributed by atoms with E-state index in [0.29, 0.717) is 6.04 Å². The smallest absolute Gasteiger partial charge is 0.244 e. The molecule has 1 N–H and O–H groups in total. The maximum atomic E-state index is 12.1. The first-order chi connectivity index (χ1) is 10.9. The van der Waals surface area contributed by atoms with E-state index in [0.717, 1.165) is 29.2 Å². The average Bonchev–Trinajstić information content (AvgIpc) is 2.52. The number of aromatic nitrogens is 1. The van der Waals surface area contributed by atoms with E-state index in [1.807, 2.05) is 24.4 Å². The Kier molecular flexibility index (Phi) is 6.70. The van der Waals surface area contributed by atoms with Crippen molar-refractivity contribution in [1.29, 1.82) is 0 Å². The van der Waals surface area contributed by atoms with Crippen molar-refractivity contribution in [2.24, 2.45) is 5.41 Å². The molecule has 1 heterocycles. The fraction of sp³-hybridized carbons (Fsp3) is 0.579. The Bertz CT molecular complexity index is 543. The number of pyridine rings is 1. The molecule has 1 aromatic rings. The molecule has 0 spiro atoms. The van der Waals surface area contributed by atoms with Crippen molar-refractivity contribution >= 4 is 23.7 Å². The number of carbonyl (C=O) groups excluding carboxylic acids is 1. The van der Waals surface area contributed by atoms with Crippen LogP contribution < -0.4 is 5.32 Å². The summed E-state index contributed by atoms with van der Waals surface area (Å²) in [4.78, 5) is 16.5. The molecule has 0 saturated heterocycles. The number of hydrogen-bond donors (Lipinski definition) is 1. The highest BCUT2D eigenvalue weighted by Crippen LogP contribution is 2.28. The molecule has 0 aromatic carbocycles. The van der Waals surface area contributed by atoms with E-state index >= 15 is 0 Å². The maximum Gasteiger partial charge on any atom is 0.244 e. The van der Waals surface area contributed by atoms with E-state index in [1.165, 1.54) is 19.3 Å². The lowest BCUT2D eigenvalue weighted by atomic mass is 9.95. The van der Waals surface area contributed by atoms with Crippen LogP contribution in [0.25, 0.3) is 6.08 Å². The van der Waals surface area contributed by atoms with Gasteiger partial charge in [0.15, 0.2) is 0 Å². The highest BCUT2D eigenvalue weighted by atomic mass is 32.2. The highest BCUT2D eigenvalue weighted by Gasteiger charge is 2.15. The minimum atomic E-state index is 0.00697. The van der Waals surface area contributed by atoms with Crippen LogP contribution in [0.15, 0.2) is 29.4 Å². The Hall–Kier alpha value is -1.29. The first-order valence-corrected chi connectivity index (χ1v) is 9.49. The molecule has 1 fully saturated rings. The van der Waals surface area contributed by atoms with Gasteiger partial charge in [-0.2, -0.15) is 0 Å². The van der Waals surface area contributed by atoms with Gasteiger partial charge in [0.1, 0.15) is 5.03 Å². The average molecular weight is 333 g/mol. The topological polar surface area (TPSA) is 42.0 Å². The molecule has 2 rings (SSSR count). The highest BCUT2D eigenvalue weighted by molar-refractivity contribution is 7.99. The van der Waals surface area contributed by atoms with Gasteiger partial charge in [-0.05, 0) is 30.4 Å². The number of hydrogen-bond acceptors (Lipinski definition) is 3. The van der Waals surface area contributed by atoms with Gasteiger partial charge in [0.05, 0.1) is 0 Å². The first-order valence-electron chi connectivity index (χ1n) is 8.50. The number of nitrogens with one attached hydrogen (secondary N) is 1. The maximum absolute atomic E-state index is 12.1. The summed E-state index contributed by atoms with van der Waals surface area (Å²) >= 11 is 1.75. The fourth-order valence-corrected chi connectivity index (χ4v) is 3.61. The van der Waals surface area contributed by atoms with E-state index in [2.05, 4.69) is 31.1 Å². The number of carbonyl (C=O) groups is 1. The molecule has 1 amide bonds. The lowest BCUT2D eigenvalue weighted by Crippen LogP contribution is -2.34. The van der Waals surface area contributed by atoms with Crippen LogP contribution in [-0.4, -0.2) is 22.7 Å². The van der Waals surface area contributed by atoms with E-state index < -0.39 is 0 Å². The van der Waals surface area contributed by atoms with Crippen molar-refractivity contribution in [3.05, 3.63) is 30.0 Å². The van der Waals surface area contributed by atoms with Crippen molar-refractivity contribution in [3.8, 4) is 0 Å². The summed E-state index contributed by atoms with van der Waals surface area (Å²) in [5.74, 6) is 1.01. The summed E-state index contributed by atoms with van der Waals surface area (Å²) in [5, 5.41) is 4.10. The molecule has 4 heteroatoms. The normalized spacial score (nSPS) is 16.7. The standard InChI is InChI=1S/C19H28N2OS/c1-19(2,3)14-23-18-15(8-7-13-20-18)11-12-17(22)21-16-9-5-4-6-10-16/h7-8,11-13,16H,4-6,9-10,14H2,1-3H3,(H,21,22)/b12-11+. The van der Waals surface area contributed by atoms with Crippen LogP contribution in [0.5, 0.6) is 0 Å². The van der Waals surface area contributed by atoms with Gasteiger partial charge >= 0.3 is 0 Å². The molecule has 0 atom stereocenters. The van der Waals surface area contributed by atoms with Gasteiger partial charge in [-0.1, -0.05) is 46.1 Å². The van der Waals surface area contributed by atoms with Crippen molar-refractivity contribution in [2.75, 3.05) is 5.75 Å². The largest absolute Gasteiger partial charge is 0.350 e. The third kappa shape index (κ3) is 6.78. The summed E-state index contributed by atoms with van der Waals surface area (Å²) in [6.07, 6.45) is 11.3. The van der Waals surface area contributed by atoms with Crippen molar-refractivity contribution in [1.82, 2.24) is 10.3 Å². The molecule has 3 nitrogen and oxygen atoms in total. The third-order valence-electron chi connectivity index (χ3n) is 3.81. The molecular formula is C19H28N2OS. The molecule has 1 aromatic heterocycles. The summed E-state index contributed by atoms with van der Waals surface area (Å²) in [6.45, 7) is 6.65. The second-order valence-electron chi connectivity index (χ2n) is 7.42. The first kappa shape index (κ1) is 18.1. The molecule has 1 aliphatic carbocycles. The van der Waals surface area contributed by atoms with Gasteiger partial charge in [0, 0.05) is 29.6 Å². The number of nitrogens with zero attached hydrogens (tertiary/aromatic N) is 1. The van der Waals surface area contributed by atoms with Gasteiger partial charge in [-0.15, -0.1) is 11.8 Å². The van der Waals surface area contributed by atoms with Crippen LogP contribution >= 0.6 is 11.8 Å². The van der Waals surface area contributed by atoms with Crippen LogP contribution in [-0.2, 0) is 4.79 Å². The second-order valence-corrected chi connectivity index (χ2v) is 8.39. The number of rotatable bonds is 5. The SMILES string of the molecule is CC(C)(C)CSc1ncccc1/C=C/C(=O)NC1CCCCC1. The molecule has 0 radical (unpaired) electrons. The quantitative estimate of drug-likeness (QED) is 0.629. The summed E-state index contributed by atoms with van der Waals surface area (Å²) in [5.41, 5.74) is 1.27. The van der Waals surface area contributed by atoms with E-state index in [9.17, 15) is 4.79 Å². The van der Waals surface area contributed by atoms with Crippen LogP contribution in [0.2, 0.25) is 0 Å². The van der Waals surface area contributed by atoms with E-state index in [1.54, 1.807) is 17.8 Å². The summed E-state index contributed by atoms with van der Waals surface area (Å²) in [6, 6.07) is 4.28. The number of amides is 1. The van der Waals surface area contributed by atoms with Gasteiger partial charge in [0.2, 0.25) is 5.91 Å². The van der Waals surface area contributed by atoms with Gasteiger partial charge in [-0.25, -0.2) is 4.98 Å². The van der Waals surface area contributed by atoms with E-state index in [-0.39, 0.29) is 11.3 Å². The molecule has 23 heavy (non-hydrogen) atoms. The van der Waals surface area contributed by atoms with Gasteiger partial charge in [0.25, 0.3) is 0 Å².